The Balaban J connectivity index is 1.82. The summed E-state index contributed by atoms with van der Waals surface area (Å²) >= 11 is 9.82. The van der Waals surface area contributed by atoms with Crippen molar-refractivity contribution in [2.45, 2.75) is 63.9 Å². The molecule has 1 amide bonds. The largest absolute Gasteiger partial charge is 0.760 e. The number of nitrogens with zero attached hydrogens (tertiary/aromatic N) is 2. The number of ether oxygens (including phenoxy) is 1. The van der Waals surface area contributed by atoms with Crippen LogP contribution in [0.3, 0.4) is 0 Å². The minimum atomic E-state index is -2.73. The van der Waals surface area contributed by atoms with Crippen molar-refractivity contribution >= 4 is 46.3 Å². The van der Waals surface area contributed by atoms with Gasteiger partial charge in [0.25, 0.3) is 5.91 Å². The number of carboxylic acids is 1. The maximum Gasteiger partial charge on any atom is 0.306 e. The molecule has 2 unspecified atom stereocenters. The topological polar surface area (TPSA) is 110 Å². The Morgan fingerprint density at radius 1 is 1.05 bits per heavy atom. The van der Waals surface area contributed by atoms with Crippen LogP contribution in [0.1, 0.15) is 56.0 Å². The molecule has 1 aliphatic heterocycles. The van der Waals surface area contributed by atoms with Gasteiger partial charge < -0.3 is 19.3 Å². The van der Waals surface area contributed by atoms with Gasteiger partial charge in [-0.25, -0.2) is 8.70 Å². The molecule has 0 radical (unpaired) electrons. The van der Waals surface area contributed by atoms with Crippen LogP contribution >= 0.6 is 23.2 Å². The summed E-state index contributed by atoms with van der Waals surface area (Å²) in [7, 11) is 0. The summed E-state index contributed by atoms with van der Waals surface area (Å²) in [6.45, 7) is 5.28. The molecule has 8 nitrogen and oxygen atoms in total. The van der Waals surface area contributed by atoms with Crippen LogP contribution in [0, 0.1) is 11.7 Å². The van der Waals surface area contributed by atoms with Gasteiger partial charge in [-0.1, -0.05) is 79.5 Å². The van der Waals surface area contributed by atoms with Crippen LogP contribution in [-0.4, -0.2) is 59.7 Å². The predicted octanol–water partition coefficient (Wildman–Crippen LogP) is 6.37. The second-order valence-corrected chi connectivity index (χ2v) is 13.0. The first-order valence-electron chi connectivity index (χ1n) is 14.2. The van der Waals surface area contributed by atoms with Gasteiger partial charge in [-0.15, -0.1) is 0 Å². The van der Waals surface area contributed by atoms with Crippen molar-refractivity contribution in [1.29, 1.82) is 0 Å². The number of amides is 1. The summed E-state index contributed by atoms with van der Waals surface area (Å²) in [6, 6.07) is 17.8. The van der Waals surface area contributed by atoms with Crippen LogP contribution < -0.4 is 0 Å². The zero-order valence-electron chi connectivity index (χ0n) is 24.4. The van der Waals surface area contributed by atoms with E-state index in [1.807, 2.05) is 13.8 Å². The van der Waals surface area contributed by atoms with E-state index in [0.29, 0.717) is 26.7 Å². The third kappa shape index (κ3) is 8.04. The fraction of sp³-hybridized carbons (Fsp3) is 0.375. The molecular formula is C32H34Cl2FN2O6S-. The average Bonchev–Trinajstić information content (AvgIpc) is 2.96. The first kappa shape index (κ1) is 34.0. The van der Waals surface area contributed by atoms with Gasteiger partial charge in [0.1, 0.15) is 18.0 Å². The maximum atomic E-state index is 14.5. The number of carbonyl (C=O) groups excluding carboxylic acids is 1. The van der Waals surface area contributed by atoms with Gasteiger partial charge in [0.15, 0.2) is 0 Å². The third-order valence-corrected chi connectivity index (χ3v) is 9.21. The van der Waals surface area contributed by atoms with Gasteiger partial charge in [0, 0.05) is 39.9 Å². The molecule has 0 aliphatic carbocycles. The zero-order valence-corrected chi connectivity index (χ0v) is 26.8. The summed E-state index contributed by atoms with van der Waals surface area (Å²) in [5, 5.41) is 10.6. The van der Waals surface area contributed by atoms with Gasteiger partial charge in [-0.2, -0.15) is 0 Å². The molecule has 12 heteroatoms. The van der Waals surface area contributed by atoms with E-state index in [1.165, 1.54) is 10.4 Å². The molecule has 6 atom stereocenters. The normalized spacial score (nSPS) is 21.0. The fourth-order valence-corrected chi connectivity index (χ4v) is 6.61. The first-order chi connectivity index (χ1) is 20.9. The zero-order chi connectivity index (χ0) is 32.1. The molecular weight excluding hydrogens is 630 g/mol. The van der Waals surface area contributed by atoms with E-state index in [4.69, 9.17) is 27.9 Å². The van der Waals surface area contributed by atoms with Crippen molar-refractivity contribution in [3.05, 3.63) is 105 Å². The summed E-state index contributed by atoms with van der Waals surface area (Å²) in [4.78, 5) is 27.6. The van der Waals surface area contributed by atoms with Crippen molar-refractivity contribution in [3.63, 3.8) is 0 Å². The van der Waals surface area contributed by atoms with Gasteiger partial charge >= 0.3 is 5.97 Å². The summed E-state index contributed by atoms with van der Waals surface area (Å²) in [5.74, 6) is -2.53. The smallest absolute Gasteiger partial charge is 0.306 e. The molecule has 3 aromatic carbocycles. The number of hydrogen-bond donors (Lipinski definition) is 1. The van der Waals surface area contributed by atoms with Gasteiger partial charge in [-0.05, 0) is 66.3 Å². The highest BCUT2D eigenvalue weighted by Gasteiger charge is 2.48. The van der Waals surface area contributed by atoms with Crippen LogP contribution in [0.2, 0.25) is 10.0 Å². The van der Waals surface area contributed by atoms with Crippen molar-refractivity contribution < 1.29 is 32.6 Å². The lowest BCUT2D eigenvalue weighted by Crippen LogP contribution is -2.59. The highest BCUT2D eigenvalue weighted by Crippen LogP contribution is 2.45. The lowest BCUT2D eigenvalue weighted by Gasteiger charge is -2.50. The Morgan fingerprint density at radius 3 is 2.32 bits per heavy atom. The number of morpholine rings is 1. The molecule has 1 N–H and O–H groups in total. The van der Waals surface area contributed by atoms with Crippen LogP contribution in [0.5, 0.6) is 0 Å². The quantitative estimate of drug-likeness (QED) is 0.226. The van der Waals surface area contributed by atoms with Gasteiger partial charge in [0.05, 0.1) is 12.5 Å². The van der Waals surface area contributed by atoms with E-state index in [0.717, 1.165) is 0 Å². The van der Waals surface area contributed by atoms with Crippen LogP contribution in [0.15, 0.2) is 72.8 Å². The van der Waals surface area contributed by atoms with Crippen LogP contribution in [0.25, 0.3) is 0 Å². The standard InChI is InChI=1S/C32H35Cl2FN2O6S/c1-19(2)27(18-36(44(41)42)20(3)15-22-7-4-5-10-26(22)35)37-30(21-11-13-24(33)14-12-21)31(23-8-6-9-25(34)16-23)43-28(32(37)40)17-29(38)39/h4-14,16,19-20,27-28,30-31H,15,17-18H2,1-3H3,(H,38,39)(H,41,42)/p-1/t20-,27?,28-,30+,31+/m0/s1. The highest BCUT2D eigenvalue weighted by atomic mass is 35.5. The number of aliphatic carboxylic acids is 1. The van der Waals surface area contributed by atoms with E-state index in [9.17, 15) is 27.8 Å². The summed E-state index contributed by atoms with van der Waals surface area (Å²) < 4.78 is 47.3. The van der Waals surface area contributed by atoms with E-state index in [2.05, 4.69) is 0 Å². The molecule has 236 valence electrons. The number of rotatable bonds is 12. The molecule has 0 spiro atoms. The average molecular weight is 665 g/mol. The van der Waals surface area contributed by atoms with Crippen LogP contribution in [-0.2, 0) is 32.0 Å². The number of benzene rings is 3. The Labute approximate surface area is 269 Å². The van der Waals surface area contributed by atoms with Crippen molar-refractivity contribution in [1.82, 2.24) is 9.21 Å². The van der Waals surface area contributed by atoms with Gasteiger partial charge in [0.2, 0.25) is 0 Å². The Hall–Kier alpha value is -2.86. The predicted molar refractivity (Wildman–Crippen MR) is 166 cm³/mol. The Morgan fingerprint density at radius 2 is 1.73 bits per heavy atom. The minimum absolute atomic E-state index is 0.107. The maximum absolute atomic E-state index is 14.5. The van der Waals surface area contributed by atoms with E-state index >= 15 is 0 Å². The minimum Gasteiger partial charge on any atom is -0.760 e. The molecule has 0 bridgehead atoms. The van der Waals surface area contributed by atoms with Crippen molar-refractivity contribution in [2.75, 3.05) is 6.54 Å². The lowest BCUT2D eigenvalue weighted by atomic mass is 9.87. The van der Waals surface area contributed by atoms with E-state index in [-0.39, 0.29) is 18.9 Å². The lowest BCUT2D eigenvalue weighted by molar-refractivity contribution is -0.185. The molecule has 1 heterocycles. The highest BCUT2D eigenvalue weighted by molar-refractivity contribution is 7.76. The Bertz CT molecular complexity index is 1490. The molecule has 1 saturated heterocycles. The number of carboxylic acid groups (broad SMARTS) is 1. The second-order valence-electron chi connectivity index (χ2n) is 11.2. The first-order valence-corrected chi connectivity index (χ1v) is 16.0. The SMILES string of the molecule is CC(C)C(CN([C@@H](C)Cc1ccccc1F)S(=O)[O-])N1C(=O)[C@H](CC(=O)O)O[C@H](c2cccc(Cl)c2)[C@H]1c1ccc(Cl)cc1. The van der Waals surface area contributed by atoms with E-state index < -0.39 is 65.7 Å². The molecule has 1 aliphatic rings. The van der Waals surface area contributed by atoms with E-state index in [1.54, 1.807) is 78.6 Å². The van der Waals surface area contributed by atoms with Crippen molar-refractivity contribution in [2.24, 2.45) is 5.92 Å². The fourth-order valence-electron chi connectivity index (χ4n) is 5.64. The van der Waals surface area contributed by atoms with Gasteiger partial charge in [-0.3, -0.25) is 13.8 Å². The number of halogens is 3. The number of carbonyl (C=O) groups is 2. The molecule has 3 aromatic rings. The number of hydrogen-bond acceptors (Lipinski definition) is 5. The molecule has 1 fully saturated rings. The summed E-state index contributed by atoms with van der Waals surface area (Å²) in [5.41, 5.74) is 1.63. The molecule has 0 saturated carbocycles. The van der Waals surface area contributed by atoms with Crippen molar-refractivity contribution in [3.8, 4) is 0 Å². The Kier molecular flexibility index (Phi) is 11.6. The van der Waals surface area contributed by atoms with Crippen LogP contribution in [0.4, 0.5) is 4.39 Å². The molecule has 44 heavy (non-hydrogen) atoms. The third-order valence-electron chi connectivity index (χ3n) is 7.83. The second kappa shape index (κ2) is 14.9. The summed E-state index contributed by atoms with van der Waals surface area (Å²) in [6.07, 6.45) is -2.68. The molecule has 0 aromatic heterocycles. The monoisotopic (exact) mass is 663 g/mol. The molecule has 4 rings (SSSR count).